The largest absolute Gasteiger partial charge is 0.457 e. The second-order valence-electron chi connectivity index (χ2n) is 4.11. The molecule has 0 aliphatic carbocycles. The number of benzene rings is 2. The number of hydrogen-bond donors (Lipinski definition) is 1. The highest BCUT2D eigenvalue weighted by molar-refractivity contribution is 6.30. The smallest absolute Gasteiger partial charge is 0.267 e. The fourth-order valence-electron chi connectivity index (χ4n) is 1.63. The summed E-state index contributed by atoms with van der Waals surface area (Å²) in [5.41, 5.74) is 6.34. The summed E-state index contributed by atoms with van der Waals surface area (Å²) in [4.78, 5) is 0. The van der Waals surface area contributed by atoms with Crippen LogP contribution < -0.4 is 10.5 Å². The Hall–Kier alpha value is -1.81. The van der Waals surface area contributed by atoms with E-state index in [4.69, 9.17) is 22.1 Å². The highest BCUT2D eigenvalue weighted by Gasteiger charge is 2.16. The molecule has 0 spiro atoms. The number of anilines is 1. The van der Waals surface area contributed by atoms with Crippen molar-refractivity contribution in [2.75, 3.05) is 5.73 Å². The second-order valence-corrected chi connectivity index (χ2v) is 4.55. The predicted molar refractivity (Wildman–Crippen MR) is 72.1 cm³/mol. The average Bonchev–Trinajstić information content (AvgIpc) is 2.35. The summed E-state index contributed by atoms with van der Waals surface area (Å²) in [6, 6.07) is 9.21. The van der Waals surface area contributed by atoms with E-state index in [0.29, 0.717) is 10.8 Å². The standard InChI is InChI=1S/C14H12ClF2NO/c1-8-2-3-9(15)6-13(8)19-12-5-4-10(18)7-11(12)14(16)17/h2-7,14H,18H2,1H3. The molecule has 0 aliphatic heterocycles. The average molecular weight is 284 g/mol. The van der Waals surface area contributed by atoms with Crippen molar-refractivity contribution in [2.24, 2.45) is 0 Å². The lowest BCUT2D eigenvalue weighted by Gasteiger charge is -2.13. The van der Waals surface area contributed by atoms with Crippen molar-refractivity contribution in [3.63, 3.8) is 0 Å². The molecule has 2 rings (SSSR count). The molecule has 0 amide bonds. The first-order chi connectivity index (χ1) is 8.97. The first kappa shape index (κ1) is 13.6. The fourth-order valence-corrected chi connectivity index (χ4v) is 1.79. The molecule has 0 unspecified atom stereocenters. The molecule has 100 valence electrons. The summed E-state index contributed by atoms with van der Waals surface area (Å²) in [5, 5.41) is 0.481. The third kappa shape index (κ3) is 3.15. The molecular formula is C14H12ClF2NO. The van der Waals surface area contributed by atoms with E-state index in [2.05, 4.69) is 0 Å². The van der Waals surface area contributed by atoms with Crippen LogP contribution in [0, 0.1) is 6.92 Å². The quantitative estimate of drug-likeness (QED) is 0.808. The first-order valence-electron chi connectivity index (χ1n) is 5.59. The van der Waals surface area contributed by atoms with Crippen LogP contribution in [0.15, 0.2) is 36.4 Å². The third-order valence-corrected chi connectivity index (χ3v) is 2.87. The monoisotopic (exact) mass is 283 g/mol. The van der Waals surface area contributed by atoms with Crippen LogP contribution in [0.1, 0.15) is 17.6 Å². The van der Waals surface area contributed by atoms with Gasteiger partial charge in [0.15, 0.2) is 0 Å². The van der Waals surface area contributed by atoms with Gasteiger partial charge < -0.3 is 10.5 Å². The zero-order valence-corrected chi connectivity index (χ0v) is 10.9. The van der Waals surface area contributed by atoms with Gasteiger partial charge in [0, 0.05) is 10.7 Å². The van der Waals surface area contributed by atoms with Gasteiger partial charge in [-0.3, -0.25) is 0 Å². The Labute approximate surface area is 114 Å². The summed E-state index contributed by atoms with van der Waals surface area (Å²) < 4.78 is 31.4. The Morgan fingerprint density at radius 2 is 1.84 bits per heavy atom. The molecule has 0 saturated carbocycles. The molecule has 2 aromatic carbocycles. The van der Waals surface area contributed by atoms with Crippen molar-refractivity contribution in [3.8, 4) is 11.5 Å². The molecule has 0 radical (unpaired) electrons. The van der Waals surface area contributed by atoms with E-state index < -0.39 is 6.43 Å². The number of halogens is 3. The number of nitrogen functional groups attached to an aromatic ring is 1. The van der Waals surface area contributed by atoms with Gasteiger partial charge in [0.1, 0.15) is 11.5 Å². The van der Waals surface area contributed by atoms with Crippen LogP contribution in [-0.4, -0.2) is 0 Å². The number of nitrogens with two attached hydrogens (primary N) is 1. The fraction of sp³-hybridized carbons (Fsp3) is 0.143. The summed E-state index contributed by atoms with van der Waals surface area (Å²) >= 11 is 5.86. The van der Waals surface area contributed by atoms with Crippen molar-refractivity contribution < 1.29 is 13.5 Å². The van der Waals surface area contributed by atoms with Gasteiger partial charge in [0.25, 0.3) is 6.43 Å². The topological polar surface area (TPSA) is 35.2 Å². The molecule has 0 bridgehead atoms. The second kappa shape index (κ2) is 5.45. The van der Waals surface area contributed by atoms with Crippen LogP contribution in [-0.2, 0) is 0 Å². The Bertz CT molecular complexity index is 602. The molecule has 5 heteroatoms. The van der Waals surface area contributed by atoms with E-state index in [0.717, 1.165) is 5.56 Å². The molecule has 0 heterocycles. The number of rotatable bonds is 3. The van der Waals surface area contributed by atoms with Gasteiger partial charge in [-0.15, -0.1) is 0 Å². The maximum absolute atomic E-state index is 12.9. The van der Waals surface area contributed by atoms with Crippen molar-refractivity contribution in [1.29, 1.82) is 0 Å². The molecule has 0 atom stereocenters. The highest BCUT2D eigenvalue weighted by Crippen LogP contribution is 2.35. The Morgan fingerprint density at radius 1 is 1.11 bits per heavy atom. The van der Waals surface area contributed by atoms with E-state index in [9.17, 15) is 8.78 Å². The van der Waals surface area contributed by atoms with Crippen LogP contribution in [0.5, 0.6) is 11.5 Å². The van der Waals surface area contributed by atoms with Gasteiger partial charge >= 0.3 is 0 Å². The van der Waals surface area contributed by atoms with Crippen LogP contribution in [0.2, 0.25) is 5.02 Å². The van der Waals surface area contributed by atoms with Crippen LogP contribution in [0.3, 0.4) is 0 Å². The Morgan fingerprint density at radius 3 is 2.53 bits per heavy atom. The minimum atomic E-state index is -2.65. The highest BCUT2D eigenvalue weighted by atomic mass is 35.5. The van der Waals surface area contributed by atoms with Crippen LogP contribution in [0.4, 0.5) is 14.5 Å². The Balaban J connectivity index is 2.40. The molecule has 0 fully saturated rings. The van der Waals surface area contributed by atoms with Crippen LogP contribution in [0.25, 0.3) is 0 Å². The number of aryl methyl sites for hydroxylation is 1. The van der Waals surface area contributed by atoms with E-state index in [1.54, 1.807) is 18.2 Å². The first-order valence-corrected chi connectivity index (χ1v) is 5.97. The van der Waals surface area contributed by atoms with E-state index in [-0.39, 0.29) is 17.0 Å². The minimum absolute atomic E-state index is 0.0783. The molecule has 2 aromatic rings. The molecule has 0 saturated heterocycles. The van der Waals surface area contributed by atoms with Gasteiger partial charge in [-0.2, -0.15) is 0 Å². The summed E-state index contributed by atoms with van der Waals surface area (Å²) in [6.45, 7) is 1.81. The van der Waals surface area contributed by atoms with Gasteiger partial charge in [-0.1, -0.05) is 17.7 Å². The maximum atomic E-state index is 12.9. The molecule has 2 nitrogen and oxygen atoms in total. The summed E-state index contributed by atoms with van der Waals surface area (Å²) in [5.74, 6) is 0.522. The molecule has 19 heavy (non-hydrogen) atoms. The summed E-state index contributed by atoms with van der Waals surface area (Å²) in [7, 11) is 0. The van der Waals surface area contributed by atoms with Crippen molar-refractivity contribution >= 4 is 17.3 Å². The number of alkyl halides is 2. The van der Waals surface area contributed by atoms with E-state index in [1.807, 2.05) is 6.92 Å². The van der Waals surface area contributed by atoms with Gasteiger partial charge in [0.05, 0.1) is 5.56 Å². The summed E-state index contributed by atoms with van der Waals surface area (Å²) in [6.07, 6.45) is -2.65. The lowest BCUT2D eigenvalue weighted by Crippen LogP contribution is -1.96. The zero-order chi connectivity index (χ0) is 14.0. The lowest BCUT2D eigenvalue weighted by molar-refractivity contribution is 0.148. The van der Waals surface area contributed by atoms with Crippen LogP contribution >= 0.6 is 11.6 Å². The molecular weight excluding hydrogens is 272 g/mol. The van der Waals surface area contributed by atoms with E-state index in [1.165, 1.54) is 18.2 Å². The van der Waals surface area contributed by atoms with Crippen molar-refractivity contribution in [3.05, 3.63) is 52.5 Å². The lowest BCUT2D eigenvalue weighted by atomic mass is 10.1. The maximum Gasteiger partial charge on any atom is 0.267 e. The van der Waals surface area contributed by atoms with Gasteiger partial charge in [-0.25, -0.2) is 8.78 Å². The Kier molecular flexibility index (Phi) is 3.90. The molecule has 0 aromatic heterocycles. The van der Waals surface area contributed by atoms with E-state index >= 15 is 0 Å². The minimum Gasteiger partial charge on any atom is -0.457 e. The number of hydrogen-bond acceptors (Lipinski definition) is 2. The third-order valence-electron chi connectivity index (χ3n) is 2.64. The van der Waals surface area contributed by atoms with Crippen molar-refractivity contribution in [1.82, 2.24) is 0 Å². The molecule has 0 aliphatic rings. The SMILES string of the molecule is Cc1ccc(Cl)cc1Oc1ccc(N)cc1C(F)F. The van der Waals surface area contributed by atoms with Gasteiger partial charge in [-0.05, 0) is 42.8 Å². The normalized spacial score (nSPS) is 10.8. The zero-order valence-electron chi connectivity index (χ0n) is 10.2. The van der Waals surface area contributed by atoms with Crippen molar-refractivity contribution in [2.45, 2.75) is 13.3 Å². The number of ether oxygens (including phenoxy) is 1. The van der Waals surface area contributed by atoms with Gasteiger partial charge in [0.2, 0.25) is 0 Å². The molecule has 2 N–H and O–H groups in total. The predicted octanol–water partition coefficient (Wildman–Crippen LogP) is 4.96.